The van der Waals surface area contributed by atoms with Crippen LogP contribution in [0.3, 0.4) is 0 Å². The maximum Gasteiger partial charge on any atom is 0.137 e. The predicted octanol–water partition coefficient (Wildman–Crippen LogP) is 13.6. The third kappa shape index (κ3) is 4.88. The molecule has 0 amide bonds. The Morgan fingerprint density at radius 3 is 1.06 bits per heavy atom. The summed E-state index contributed by atoms with van der Waals surface area (Å²) in [5.41, 5.74) is 9.44. The van der Waals surface area contributed by atoms with Crippen molar-refractivity contribution in [2.45, 2.75) is 0 Å². The lowest BCUT2D eigenvalue weighted by Gasteiger charge is -2.30. The fourth-order valence-electron chi connectivity index (χ4n) is 7.43. The first-order valence-corrected chi connectivity index (χ1v) is 17.0. The number of rotatable bonds is 6. The molecule has 0 unspecified atom stereocenters. The monoisotopic (exact) mass is 678 g/mol. The van der Waals surface area contributed by atoms with Gasteiger partial charge in [0.2, 0.25) is 0 Å². The lowest BCUT2D eigenvalue weighted by molar-refractivity contribution is 0.480. The van der Waals surface area contributed by atoms with Gasteiger partial charge in [-0.25, -0.2) is 8.78 Å². The number of ether oxygens (including phenoxy) is 2. The summed E-state index contributed by atoms with van der Waals surface area (Å²) < 4.78 is 41.2. The first-order chi connectivity index (χ1) is 25.6. The van der Waals surface area contributed by atoms with Gasteiger partial charge in [-0.1, -0.05) is 36.4 Å². The third-order valence-corrected chi connectivity index (χ3v) is 9.75. The van der Waals surface area contributed by atoms with Gasteiger partial charge in [0.05, 0.1) is 0 Å². The fourth-order valence-corrected chi connectivity index (χ4v) is 7.43. The summed E-state index contributed by atoms with van der Waals surface area (Å²) >= 11 is 0. The van der Waals surface area contributed by atoms with Gasteiger partial charge in [-0.3, -0.25) is 0 Å². The molecule has 8 aromatic carbocycles. The molecule has 10 rings (SSSR count). The lowest BCUT2D eigenvalue weighted by atomic mass is 9.88. The van der Waals surface area contributed by atoms with Crippen LogP contribution < -0.4 is 19.3 Å². The van der Waals surface area contributed by atoms with Crippen LogP contribution in [-0.4, -0.2) is 0 Å². The standard InChI is InChI=1S/C46H28F2N2O2/c47-29-11-15-33(16-12-29)49(31-7-3-1-4-8-31)35-19-21-37-39-23-26-42-46-40(24-25-41(45(39)46)51-43(37)27-35)38-22-20-36(28-44(38)52-42)50(32-9-5-2-6-10-32)34-17-13-30(48)14-18-34/h1-28H. The molecule has 4 nitrogen and oxygen atoms in total. The number of para-hydroxylation sites is 2. The summed E-state index contributed by atoms with van der Waals surface area (Å²) in [4.78, 5) is 4.18. The number of nitrogens with zero attached hydrogens (tertiary/aromatic N) is 2. The van der Waals surface area contributed by atoms with Crippen molar-refractivity contribution in [3.63, 3.8) is 0 Å². The highest BCUT2D eigenvalue weighted by molar-refractivity contribution is 6.14. The Labute approximate surface area is 299 Å². The quantitative estimate of drug-likeness (QED) is 0.175. The van der Waals surface area contributed by atoms with E-state index < -0.39 is 0 Å². The molecule has 0 saturated heterocycles. The summed E-state index contributed by atoms with van der Waals surface area (Å²) in [5.74, 6) is 2.41. The van der Waals surface area contributed by atoms with Crippen LogP contribution in [0.15, 0.2) is 170 Å². The topological polar surface area (TPSA) is 24.9 Å². The first kappa shape index (κ1) is 29.9. The van der Waals surface area contributed by atoms with E-state index in [4.69, 9.17) is 9.47 Å². The zero-order valence-electron chi connectivity index (χ0n) is 27.6. The minimum Gasteiger partial charge on any atom is -0.456 e. The zero-order chi connectivity index (χ0) is 34.8. The van der Waals surface area contributed by atoms with E-state index in [-0.39, 0.29) is 11.6 Å². The summed E-state index contributed by atoms with van der Waals surface area (Å²) in [6.45, 7) is 0. The minimum atomic E-state index is -0.284. The maximum absolute atomic E-state index is 13.9. The van der Waals surface area contributed by atoms with E-state index >= 15 is 0 Å². The van der Waals surface area contributed by atoms with E-state index in [1.165, 1.54) is 24.3 Å². The molecule has 0 aromatic heterocycles. The molecule has 0 aliphatic carbocycles. The molecule has 0 saturated carbocycles. The highest BCUT2D eigenvalue weighted by Gasteiger charge is 2.29. The molecule has 0 bridgehead atoms. The maximum atomic E-state index is 13.9. The van der Waals surface area contributed by atoms with Crippen LogP contribution >= 0.6 is 0 Å². The second kappa shape index (κ2) is 11.9. The van der Waals surface area contributed by atoms with Crippen LogP contribution in [0, 0.1) is 11.6 Å². The van der Waals surface area contributed by atoms with Crippen molar-refractivity contribution in [3.05, 3.63) is 181 Å². The van der Waals surface area contributed by atoms with Crippen molar-refractivity contribution >= 4 is 44.9 Å². The second-order valence-electron chi connectivity index (χ2n) is 12.8. The highest BCUT2D eigenvalue weighted by Crippen LogP contribution is 2.56. The van der Waals surface area contributed by atoms with Gasteiger partial charge < -0.3 is 19.3 Å². The molecule has 2 aliphatic rings. The molecule has 8 aromatic rings. The molecule has 0 fully saturated rings. The molecule has 0 spiro atoms. The molecule has 52 heavy (non-hydrogen) atoms. The van der Waals surface area contributed by atoms with Crippen LogP contribution in [0.1, 0.15) is 0 Å². The Morgan fingerprint density at radius 2 is 0.654 bits per heavy atom. The van der Waals surface area contributed by atoms with Gasteiger partial charge in [-0.2, -0.15) is 0 Å². The number of hydrogen-bond donors (Lipinski definition) is 0. The Hall–Kier alpha value is -6.92. The molecule has 248 valence electrons. The number of fused-ring (bicyclic) bond motifs is 4. The van der Waals surface area contributed by atoms with Crippen molar-refractivity contribution in [2.24, 2.45) is 0 Å². The average molecular weight is 679 g/mol. The average Bonchev–Trinajstić information content (AvgIpc) is 3.19. The molecule has 6 heteroatoms. The van der Waals surface area contributed by atoms with Gasteiger partial charge in [0.15, 0.2) is 0 Å². The second-order valence-corrected chi connectivity index (χ2v) is 12.8. The van der Waals surface area contributed by atoms with Crippen LogP contribution in [0.4, 0.5) is 42.9 Å². The molecular formula is C46H28F2N2O2. The molecule has 0 N–H and O–H groups in total. The van der Waals surface area contributed by atoms with Crippen LogP contribution in [0.5, 0.6) is 23.0 Å². The van der Waals surface area contributed by atoms with E-state index in [1.54, 1.807) is 24.3 Å². The summed E-state index contributed by atoms with van der Waals surface area (Å²) in [6.07, 6.45) is 0. The van der Waals surface area contributed by atoms with Crippen molar-refractivity contribution < 1.29 is 18.3 Å². The van der Waals surface area contributed by atoms with E-state index in [0.717, 1.165) is 90.1 Å². The van der Waals surface area contributed by atoms with Crippen molar-refractivity contribution in [3.8, 4) is 45.3 Å². The van der Waals surface area contributed by atoms with Gasteiger partial charge in [0, 0.05) is 68.2 Å². The Kier molecular flexibility index (Phi) is 6.83. The molecular weight excluding hydrogens is 651 g/mol. The van der Waals surface area contributed by atoms with Crippen molar-refractivity contribution in [1.82, 2.24) is 0 Å². The highest BCUT2D eigenvalue weighted by atomic mass is 19.1. The molecule has 0 atom stereocenters. The van der Waals surface area contributed by atoms with Crippen LogP contribution in [0.25, 0.3) is 33.0 Å². The zero-order valence-corrected chi connectivity index (χ0v) is 27.6. The van der Waals surface area contributed by atoms with E-state index in [1.807, 2.05) is 84.9 Å². The van der Waals surface area contributed by atoms with E-state index in [0.29, 0.717) is 0 Å². The normalized spacial score (nSPS) is 12.0. The predicted molar refractivity (Wildman–Crippen MR) is 204 cm³/mol. The number of halogens is 2. The van der Waals surface area contributed by atoms with E-state index in [2.05, 4.69) is 46.2 Å². The SMILES string of the molecule is Fc1ccc(N(c2ccccc2)c2ccc3c(c2)Oc2ccc4c5c(ccc-3c25)Oc2cc(N(c3ccccc3)c3ccc(F)cc3)ccc2-4)cc1. The van der Waals surface area contributed by atoms with Gasteiger partial charge in [0.25, 0.3) is 0 Å². The van der Waals surface area contributed by atoms with Gasteiger partial charge in [-0.05, 0) is 132 Å². The van der Waals surface area contributed by atoms with Gasteiger partial charge in [-0.15, -0.1) is 0 Å². The van der Waals surface area contributed by atoms with Crippen molar-refractivity contribution in [2.75, 3.05) is 9.80 Å². The summed E-state index contributed by atoms with van der Waals surface area (Å²) in [5, 5.41) is 2.00. The Morgan fingerprint density at radius 1 is 0.308 bits per heavy atom. The molecule has 2 heterocycles. The summed E-state index contributed by atoms with van der Waals surface area (Å²) in [7, 11) is 0. The number of benzene rings is 8. The minimum absolute atomic E-state index is 0.284. The van der Waals surface area contributed by atoms with Gasteiger partial charge >= 0.3 is 0 Å². The van der Waals surface area contributed by atoms with Crippen molar-refractivity contribution in [1.29, 1.82) is 0 Å². The Bertz CT molecular complexity index is 2460. The Balaban J connectivity index is 1.06. The largest absolute Gasteiger partial charge is 0.456 e. The third-order valence-electron chi connectivity index (χ3n) is 9.75. The summed E-state index contributed by atoms with van der Waals surface area (Å²) in [6, 6.07) is 53.8. The van der Waals surface area contributed by atoms with Gasteiger partial charge in [0.1, 0.15) is 34.6 Å². The van der Waals surface area contributed by atoms with Crippen LogP contribution in [0.2, 0.25) is 0 Å². The molecule has 0 radical (unpaired) electrons. The smallest absolute Gasteiger partial charge is 0.137 e. The van der Waals surface area contributed by atoms with E-state index in [9.17, 15) is 8.78 Å². The van der Waals surface area contributed by atoms with Crippen LogP contribution in [-0.2, 0) is 0 Å². The number of anilines is 6. The fraction of sp³-hybridized carbons (Fsp3) is 0. The lowest BCUT2D eigenvalue weighted by Crippen LogP contribution is -2.11. The molecule has 2 aliphatic heterocycles. The first-order valence-electron chi connectivity index (χ1n) is 17.0. The number of hydrogen-bond acceptors (Lipinski definition) is 4.